The van der Waals surface area contributed by atoms with E-state index in [9.17, 15) is 4.79 Å². The number of carbonyl (C=O) groups excluding carboxylic acids is 1. The lowest BCUT2D eigenvalue weighted by Gasteiger charge is -2.36. The molecule has 2 aromatic carbocycles. The van der Waals surface area contributed by atoms with Gasteiger partial charge in [0.15, 0.2) is 0 Å². The van der Waals surface area contributed by atoms with Crippen LogP contribution in [0.4, 0.5) is 5.69 Å². The summed E-state index contributed by atoms with van der Waals surface area (Å²) in [7, 11) is 0. The maximum absolute atomic E-state index is 12.6. The molecule has 2 fully saturated rings. The molecule has 0 aliphatic carbocycles. The van der Waals surface area contributed by atoms with Crippen LogP contribution in [0.3, 0.4) is 0 Å². The second-order valence-electron chi connectivity index (χ2n) is 8.35. The van der Waals surface area contributed by atoms with Crippen molar-refractivity contribution in [2.24, 2.45) is 0 Å². The predicted molar refractivity (Wildman–Crippen MR) is 123 cm³/mol. The summed E-state index contributed by atoms with van der Waals surface area (Å²) in [6.07, 6.45) is 2.06. The minimum absolute atomic E-state index is 0.160. The van der Waals surface area contributed by atoms with Gasteiger partial charge in [-0.05, 0) is 36.6 Å². The van der Waals surface area contributed by atoms with Crippen molar-refractivity contribution < 1.29 is 4.79 Å². The van der Waals surface area contributed by atoms with Crippen LogP contribution in [0.2, 0.25) is 5.02 Å². The smallest absolute Gasteiger partial charge is 0.234 e. The molecule has 5 nitrogen and oxygen atoms in total. The van der Waals surface area contributed by atoms with Crippen LogP contribution in [0.25, 0.3) is 0 Å². The average Bonchev–Trinajstić information content (AvgIpc) is 2.76. The van der Waals surface area contributed by atoms with E-state index >= 15 is 0 Å². The third kappa shape index (κ3) is 5.97. The molecule has 0 saturated carbocycles. The minimum atomic E-state index is 0.160. The Balaban J connectivity index is 1.15. The Labute approximate surface area is 184 Å². The van der Waals surface area contributed by atoms with Gasteiger partial charge in [-0.25, -0.2) is 0 Å². The van der Waals surface area contributed by atoms with Crippen molar-refractivity contribution in [2.75, 3.05) is 50.7 Å². The molecule has 2 saturated heterocycles. The molecule has 30 heavy (non-hydrogen) atoms. The highest BCUT2D eigenvalue weighted by Gasteiger charge is 2.23. The number of nitrogens with one attached hydrogen (secondary N) is 1. The van der Waals surface area contributed by atoms with E-state index in [1.807, 2.05) is 18.2 Å². The molecule has 4 rings (SSSR count). The number of piperidine rings is 1. The number of rotatable bonds is 6. The molecule has 2 aliphatic rings. The largest absolute Gasteiger partial charge is 0.369 e. The van der Waals surface area contributed by atoms with Crippen molar-refractivity contribution in [1.29, 1.82) is 0 Å². The summed E-state index contributed by atoms with van der Waals surface area (Å²) < 4.78 is 0. The normalized spacial score (nSPS) is 19.0. The van der Waals surface area contributed by atoms with Crippen LogP contribution in [-0.4, -0.2) is 67.6 Å². The minimum Gasteiger partial charge on any atom is -0.369 e. The molecule has 2 heterocycles. The van der Waals surface area contributed by atoms with Crippen molar-refractivity contribution in [1.82, 2.24) is 15.1 Å². The van der Waals surface area contributed by atoms with E-state index in [4.69, 9.17) is 11.6 Å². The molecule has 1 amide bonds. The van der Waals surface area contributed by atoms with E-state index in [1.165, 1.54) is 5.56 Å². The van der Waals surface area contributed by atoms with Gasteiger partial charge in [-0.15, -0.1) is 0 Å². The zero-order valence-corrected chi connectivity index (χ0v) is 18.2. The van der Waals surface area contributed by atoms with Gasteiger partial charge < -0.3 is 10.2 Å². The summed E-state index contributed by atoms with van der Waals surface area (Å²) in [6.45, 7) is 7.21. The monoisotopic (exact) mass is 426 g/mol. The second-order valence-corrected chi connectivity index (χ2v) is 8.78. The SMILES string of the molecule is O=C(CN1CCN(c2cccc(Cl)c2)CC1)NC1CCN(Cc2ccccc2)CC1. The molecular weight excluding hydrogens is 396 g/mol. The van der Waals surface area contributed by atoms with Crippen LogP contribution >= 0.6 is 11.6 Å². The van der Waals surface area contributed by atoms with Crippen molar-refractivity contribution >= 4 is 23.2 Å². The summed E-state index contributed by atoms with van der Waals surface area (Å²) in [5.74, 6) is 0.160. The second kappa shape index (κ2) is 10.3. The van der Waals surface area contributed by atoms with E-state index in [1.54, 1.807) is 0 Å². The first kappa shape index (κ1) is 21.2. The van der Waals surface area contributed by atoms with Gasteiger partial charge in [-0.1, -0.05) is 48.0 Å². The molecular formula is C24H31ClN4O. The third-order valence-corrected chi connectivity index (χ3v) is 6.35. The fourth-order valence-corrected chi connectivity index (χ4v) is 4.57. The lowest BCUT2D eigenvalue weighted by Crippen LogP contribution is -2.51. The number of hydrogen-bond donors (Lipinski definition) is 1. The van der Waals surface area contributed by atoms with E-state index in [-0.39, 0.29) is 5.91 Å². The van der Waals surface area contributed by atoms with Crippen LogP contribution in [-0.2, 0) is 11.3 Å². The predicted octanol–water partition coefficient (Wildman–Crippen LogP) is 3.24. The number of piperazine rings is 1. The Morgan fingerprint density at radius 1 is 0.900 bits per heavy atom. The van der Waals surface area contributed by atoms with Gasteiger partial charge in [-0.2, -0.15) is 0 Å². The fraction of sp³-hybridized carbons (Fsp3) is 0.458. The first-order valence-corrected chi connectivity index (χ1v) is 11.3. The van der Waals surface area contributed by atoms with E-state index in [0.717, 1.165) is 69.4 Å². The highest BCUT2D eigenvalue weighted by molar-refractivity contribution is 6.30. The topological polar surface area (TPSA) is 38.8 Å². The first-order chi connectivity index (χ1) is 14.7. The molecule has 1 N–H and O–H groups in total. The van der Waals surface area contributed by atoms with Crippen LogP contribution in [0.5, 0.6) is 0 Å². The molecule has 0 aromatic heterocycles. The van der Waals surface area contributed by atoms with Gasteiger partial charge in [0.2, 0.25) is 5.91 Å². The Bertz CT molecular complexity index is 815. The van der Waals surface area contributed by atoms with Crippen molar-refractivity contribution in [3.8, 4) is 0 Å². The van der Waals surface area contributed by atoms with Crippen LogP contribution in [0, 0.1) is 0 Å². The van der Waals surface area contributed by atoms with Crippen molar-refractivity contribution in [3.05, 3.63) is 65.2 Å². The van der Waals surface area contributed by atoms with Gasteiger partial charge in [0.1, 0.15) is 0 Å². The highest BCUT2D eigenvalue weighted by atomic mass is 35.5. The highest BCUT2D eigenvalue weighted by Crippen LogP contribution is 2.20. The van der Waals surface area contributed by atoms with Crippen molar-refractivity contribution in [3.63, 3.8) is 0 Å². The zero-order chi connectivity index (χ0) is 20.8. The summed E-state index contributed by atoms with van der Waals surface area (Å²) >= 11 is 6.11. The molecule has 0 radical (unpaired) electrons. The molecule has 160 valence electrons. The van der Waals surface area contributed by atoms with E-state index in [0.29, 0.717) is 12.6 Å². The maximum atomic E-state index is 12.6. The quantitative estimate of drug-likeness (QED) is 0.769. The number of benzene rings is 2. The van der Waals surface area contributed by atoms with Gasteiger partial charge >= 0.3 is 0 Å². The van der Waals surface area contributed by atoms with Gasteiger partial charge in [0.05, 0.1) is 6.54 Å². The number of nitrogens with zero attached hydrogens (tertiary/aromatic N) is 3. The summed E-state index contributed by atoms with van der Waals surface area (Å²) in [6, 6.07) is 18.9. The molecule has 0 spiro atoms. The Morgan fingerprint density at radius 3 is 2.33 bits per heavy atom. The number of hydrogen-bond acceptors (Lipinski definition) is 4. The molecule has 0 unspecified atom stereocenters. The number of carbonyl (C=O) groups is 1. The standard InChI is InChI=1S/C24H31ClN4O/c25-21-7-4-8-23(17-21)29-15-13-28(14-16-29)19-24(30)26-22-9-11-27(12-10-22)18-20-5-2-1-3-6-20/h1-8,17,22H,9-16,18-19H2,(H,26,30). The van der Waals surface area contributed by atoms with Gasteiger partial charge in [0, 0.05) is 62.6 Å². The van der Waals surface area contributed by atoms with E-state index < -0.39 is 0 Å². The lowest BCUT2D eigenvalue weighted by molar-refractivity contribution is -0.123. The third-order valence-electron chi connectivity index (χ3n) is 6.11. The van der Waals surface area contributed by atoms with Gasteiger partial charge in [-0.3, -0.25) is 14.6 Å². The number of anilines is 1. The molecule has 0 bridgehead atoms. The molecule has 2 aromatic rings. The molecule has 2 aliphatic heterocycles. The lowest BCUT2D eigenvalue weighted by atomic mass is 10.0. The van der Waals surface area contributed by atoms with Crippen molar-refractivity contribution in [2.45, 2.75) is 25.4 Å². The first-order valence-electron chi connectivity index (χ1n) is 10.9. The Hall–Kier alpha value is -2.08. The average molecular weight is 427 g/mol. The maximum Gasteiger partial charge on any atom is 0.234 e. The Kier molecular flexibility index (Phi) is 7.26. The van der Waals surface area contributed by atoms with E-state index in [2.05, 4.69) is 56.4 Å². The summed E-state index contributed by atoms with van der Waals surface area (Å²) in [5.41, 5.74) is 2.52. The number of halogens is 1. The van der Waals surface area contributed by atoms with Crippen LogP contribution in [0.1, 0.15) is 18.4 Å². The Morgan fingerprint density at radius 2 is 1.63 bits per heavy atom. The zero-order valence-electron chi connectivity index (χ0n) is 17.5. The fourth-order valence-electron chi connectivity index (χ4n) is 4.39. The number of amides is 1. The molecule has 0 atom stereocenters. The summed E-state index contributed by atoms with van der Waals surface area (Å²) in [5, 5.41) is 4.03. The molecule has 6 heteroatoms. The van der Waals surface area contributed by atoms with Crippen LogP contribution < -0.4 is 10.2 Å². The van der Waals surface area contributed by atoms with Crippen LogP contribution in [0.15, 0.2) is 54.6 Å². The summed E-state index contributed by atoms with van der Waals surface area (Å²) in [4.78, 5) is 19.6. The number of likely N-dealkylation sites (tertiary alicyclic amines) is 1. The van der Waals surface area contributed by atoms with Gasteiger partial charge in [0.25, 0.3) is 0 Å².